The van der Waals surface area contributed by atoms with Crippen molar-refractivity contribution in [1.82, 2.24) is 5.32 Å². The second-order valence-electron chi connectivity index (χ2n) is 4.44. The average Bonchev–Trinajstić information content (AvgIpc) is 2.46. The Labute approximate surface area is 124 Å². The highest BCUT2D eigenvalue weighted by Crippen LogP contribution is 2.11. The third-order valence-corrected chi connectivity index (χ3v) is 4.73. The number of hydrogen-bond acceptors (Lipinski definition) is 3. The molecule has 0 fully saturated rings. The Kier molecular flexibility index (Phi) is 4.52. The van der Waals surface area contributed by atoms with E-state index in [-0.39, 0.29) is 5.88 Å². The molecule has 2 aromatic rings. The van der Waals surface area contributed by atoms with Crippen molar-refractivity contribution >= 4 is 27.0 Å². The van der Waals surface area contributed by atoms with Crippen molar-refractivity contribution in [3.05, 3.63) is 65.7 Å². The summed E-state index contributed by atoms with van der Waals surface area (Å²) in [6.45, 7) is 1.92. The largest absolute Gasteiger partial charge is 0.362 e. The van der Waals surface area contributed by atoms with Gasteiger partial charge in [0.2, 0.25) is 0 Å². The van der Waals surface area contributed by atoms with Crippen LogP contribution >= 0.6 is 12.2 Å². The van der Waals surface area contributed by atoms with Gasteiger partial charge in [-0.05, 0) is 19.1 Å². The van der Waals surface area contributed by atoms with E-state index in [0.717, 1.165) is 11.1 Å². The van der Waals surface area contributed by atoms with Gasteiger partial charge in [-0.25, -0.2) is 8.42 Å². The SMILES string of the molecule is Cc1ccc(S(=O)(=O)CNC(=S)c2ccccc2)cc1. The first-order valence-electron chi connectivity index (χ1n) is 6.12. The normalized spacial score (nSPS) is 11.1. The van der Waals surface area contributed by atoms with Crippen molar-refractivity contribution in [3.63, 3.8) is 0 Å². The molecule has 0 heterocycles. The van der Waals surface area contributed by atoms with E-state index < -0.39 is 9.84 Å². The summed E-state index contributed by atoms with van der Waals surface area (Å²) in [6, 6.07) is 16.1. The maximum absolute atomic E-state index is 12.2. The topological polar surface area (TPSA) is 46.2 Å². The van der Waals surface area contributed by atoms with Gasteiger partial charge in [0.25, 0.3) is 0 Å². The van der Waals surface area contributed by atoms with Crippen molar-refractivity contribution in [1.29, 1.82) is 0 Å². The molecule has 5 heteroatoms. The lowest BCUT2D eigenvalue weighted by Crippen LogP contribution is -2.28. The van der Waals surface area contributed by atoms with E-state index in [2.05, 4.69) is 5.32 Å². The maximum Gasteiger partial charge on any atom is 0.196 e. The molecule has 0 amide bonds. The van der Waals surface area contributed by atoms with Crippen LogP contribution in [0.15, 0.2) is 59.5 Å². The fraction of sp³-hybridized carbons (Fsp3) is 0.133. The highest BCUT2D eigenvalue weighted by molar-refractivity contribution is 7.91. The standard InChI is InChI=1S/C15H15NO2S2/c1-12-7-9-14(10-8-12)20(17,18)11-16-15(19)13-5-3-2-4-6-13/h2-10H,11H2,1H3,(H,16,19). The van der Waals surface area contributed by atoms with Crippen molar-refractivity contribution < 1.29 is 8.42 Å². The third-order valence-electron chi connectivity index (χ3n) is 2.84. The summed E-state index contributed by atoms with van der Waals surface area (Å²) < 4.78 is 24.3. The lowest BCUT2D eigenvalue weighted by Gasteiger charge is -2.09. The van der Waals surface area contributed by atoms with Gasteiger partial charge >= 0.3 is 0 Å². The molecule has 2 rings (SSSR count). The van der Waals surface area contributed by atoms with Crippen molar-refractivity contribution in [2.24, 2.45) is 0 Å². The van der Waals surface area contributed by atoms with E-state index in [1.807, 2.05) is 37.3 Å². The van der Waals surface area contributed by atoms with Crippen molar-refractivity contribution in [3.8, 4) is 0 Å². The number of sulfone groups is 1. The molecule has 104 valence electrons. The Balaban J connectivity index is 2.06. The Hall–Kier alpha value is -1.72. The predicted molar refractivity (Wildman–Crippen MR) is 84.5 cm³/mol. The highest BCUT2D eigenvalue weighted by Gasteiger charge is 2.14. The summed E-state index contributed by atoms with van der Waals surface area (Å²) in [4.78, 5) is 0.729. The monoisotopic (exact) mass is 305 g/mol. The number of nitrogens with one attached hydrogen (secondary N) is 1. The van der Waals surface area contributed by atoms with E-state index in [1.165, 1.54) is 0 Å². The average molecular weight is 305 g/mol. The molecular weight excluding hydrogens is 290 g/mol. The molecule has 20 heavy (non-hydrogen) atoms. The van der Waals surface area contributed by atoms with Gasteiger partial charge in [0.15, 0.2) is 9.84 Å². The molecule has 2 aromatic carbocycles. The summed E-state index contributed by atoms with van der Waals surface area (Å²) in [5, 5.41) is 2.80. The fourth-order valence-electron chi connectivity index (χ4n) is 1.68. The molecule has 0 aromatic heterocycles. The fourth-order valence-corrected chi connectivity index (χ4v) is 3.03. The molecule has 0 atom stereocenters. The molecule has 1 N–H and O–H groups in total. The van der Waals surface area contributed by atoms with E-state index in [1.54, 1.807) is 24.3 Å². The van der Waals surface area contributed by atoms with Crippen LogP contribution in [0.3, 0.4) is 0 Å². The molecule has 3 nitrogen and oxygen atoms in total. The zero-order valence-corrected chi connectivity index (χ0v) is 12.7. The molecule has 0 spiro atoms. The van der Waals surface area contributed by atoms with Gasteiger partial charge < -0.3 is 5.32 Å². The third kappa shape index (κ3) is 3.65. The van der Waals surface area contributed by atoms with Crippen LogP contribution in [0.25, 0.3) is 0 Å². The van der Waals surface area contributed by atoms with Crippen LogP contribution in [0, 0.1) is 6.92 Å². The quantitative estimate of drug-likeness (QED) is 0.882. The van der Waals surface area contributed by atoms with E-state index >= 15 is 0 Å². The number of aryl methyl sites for hydroxylation is 1. The van der Waals surface area contributed by atoms with Crippen LogP contribution in [0.4, 0.5) is 0 Å². The molecule has 0 bridgehead atoms. The molecular formula is C15H15NO2S2. The minimum atomic E-state index is -3.38. The molecule has 0 radical (unpaired) electrons. The number of benzene rings is 2. The molecule has 0 aliphatic heterocycles. The predicted octanol–water partition coefficient (Wildman–Crippen LogP) is 2.69. The van der Waals surface area contributed by atoms with E-state index in [0.29, 0.717) is 9.88 Å². The smallest absolute Gasteiger partial charge is 0.196 e. The first-order valence-corrected chi connectivity index (χ1v) is 8.18. The van der Waals surface area contributed by atoms with Gasteiger partial charge in [-0.3, -0.25) is 0 Å². The summed E-state index contributed by atoms with van der Waals surface area (Å²) >= 11 is 5.18. The summed E-state index contributed by atoms with van der Waals surface area (Å²) in [5.41, 5.74) is 1.83. The molecule has 0 aliphatic carbocycles. The minimum absolute atomic E-state index is 0.205. The van der Waals surface area contributed by atoms with Crippen LogP contribution < -0.4 is 5.32 Å². The first kappa shape index (κ1) is 14.7. The maximum atomic E-state index is 12.2. The molecule has 0 saturated carbocycles. The van der Waals surface area contributed by atoms with E-state index in [4.69, 9.17) is 12.2 Å². The minimum Gasteiger partial charge on any atom is -0.362 e. The lowest BCUT2D eigenvalue weighted by atomic mass is 10.2. The number of hydrogen-bond donors (Lipinski definition) is 1. The van der Waals surface area contributed by atoms with Crippen LogP contribution in [-0.2, 0) is 9.84 Å². The van der Waals surface area contributed by atoms with Gasteiger partial charge in [0.05, 0.1) is 4.90 Å². The van der Waals surface area contributed by atoms with Crippen LogP contribution in [0.2, 0.25) is 0 Å². The van der Waals surface area contributed by atoms with Crippen molar-refractivity contribution in [2.75, 3.05) is 5.88 Å². The second-order valence-corrected chi connectivity index (χ2v) is 6.84. The zero-order valence-electron chi connectivity index (χ0n) is 11.0. The second kappa shape index (κ2) is 6.15. The first-order chi connectivity index (χ1) is 9.49. The summed E-state index contributed by atoms with van der Waals surface area (Å²) in [6.07, 6.45) is 0. The lowest BCUT2D eigenvalue weighted by molar-refractivity contribution is 0.594. The highest BCUT2D eigenvalue weighted by atomic mass is 32.2. The van der Waals surface area contributed by atoms with Gasteiger partial charge in [-0.1, -0.05) is 60.2 Å². The van der Waals surface area contributed by atoms with Gasteiger partial charge in [-0.2, -0.15) is 0 Å². The molecule has 0 unspecified atom stereocenters. The number of thiocarbonyl (C=S) groups is 1. The van der Waals surface area contributed by atoms with Crippen LogP contribution in [-0.4, -0.2) is 19.3 Å². The van der Waals surface area contributed by atoms with Gasteiger partial charge in [0, 0.05) is 5.56 Å². The number of rotatable bonds is 4. The Morgan fingerprint density at radius 3 is 2.25 bits per heavy atom. The summed E-state index contributed by atoms with van der Waals surface area (Å²) in [7, 11) is -3.38. The Morgan fingerprint density at radius 1 is 1.05 bits per heavy atom. The Morgan fingerprint density at radius 2 is 1.65 bits per heavy atom. The van der Waals surface area contributed by atoms with Crippen LogP contribution in [0.1, 0.15) is 11.1 Å². The van der Waals surface area contributed by atoms with Gasteiger partial charge in [-0.15, -0.1) is 0 Å². The van der Waals surface area contributed by atoms with Gasteiger partial charge in [0.1, 0.15) is 10.9 Å². The van der Waals surface area contributed by atoms with E-state index in [9.17, 15) is 8.42 Å². The molecule has 0 aliphatic rings. The van der Waals surface area contributed by atoms with Crippen molar-refractivity contribution in [2.45, 2.75) is 11.8 Å². The zero-order chi connectivity index (χ0) is 14.6. The molecule has 0 saturated heterocycles. The Bertz CT molecular complexity index is 692. The van der Waals surface area contributed by atoms with Crippen LogP contribution in [0.5, 0.6) is 0 Å². The summed E-state index contributed by atoms with van der Waals surface area (Å²) in [5.74, 6) is -0.205.